The number of hydrogen-bond donors (Lipinski definition) is 2. The van der Waals surface area contributed by atoms with Crippen molar-refractivity contribution >= 4 is 17.4 Å². The molecule has 1 amide bonds. The van der Waals surface area contributed by atoms with E-state index in [1.54, 1.807) is 19.2 Å². The van der Waals surface area contributed by atoms with E-state index in [1.165, 1.54) is 18.3 Å². The van der Waals surface area contributed by atoms with Crippen molar-refractivity contribution in [3.8, 4) is 0 Å². The van der Waals surface area contributed by atoms with Gasteiger partial charge in [0, 0.05) is 12.2 Å². The zero-order chi connectivity index (χ0) is 15.2. The summed E-state index contributed by atoms with van der Waals surface area (Å²) in [6, 6.07) is 4.34. The van der Waals surface area contributed by atoms with E-state index in [1.807, 2.05) is 6.92 Å². The van der Waals surface area contributed by atoms with Crippen LogP contribution in [0.2, 0.25) is 0 Å². The molecule has 0 fully saturated rings. The molecular formula is C15H17FN4O. The molecule has 0 radical (unpaired) electrons. The predicted molar refractivity (Wildman–Crippen MR) is 79.9 cm³/mol. The number of anilines is 2. The fraction of sp³-hybridized carbons (Fsp3) is 0.267. The van der Waals surface area contributed by atoms with Gasteiger partial charge in [0.25, 0.3) is 5.91 Å². The van der Waals surface area contributed by atoms with Crippen LogP contribution in [-0.2, 0) is 0 Å². The number of carbonyl (C=O) groups excluding carboxylic acids is 1. The Morgan fingerprint density at radius 3 is 2.81 bits per heavy atom. The van der Waals surface area contributed by atoms with Gasteiger partial charge in [-0.1, -0.05) is 6.92 Å². The molecule has 0 saturated carbocycles. The smallest absolute Gasteiger partial charge is 0.275 e. The number of nitrogens with one attached hydrogen (secondary N) is 2. The topological polar surface area (TPSA) is 66.9 Å². The number of aryl methyl sites for hydroxylation is 1. The Morgan fingerprint density at radius 1 is 1.29 bits per heavy atom. The lowest BCUT2D eigenvalue weighted by Crippen LogP contribution is -2.15. The molecule has 0 aliphatic rings. The average Bonchev–Trinajstić information content (AvgIpc) is 2.44. The fourth-order valence-electron chi connectivity index (χ4n) is 1.82. The minimum Gasteiger partial charge on any atom is -0.369 e. The second kappa shape index (κ2) is 6.78. The second-order valence-electron chi connectivity index (χ2n) is 4.69. The molecular weight excluding hydrogens is 271 g/mol. The quantitative estimate of drug-likeness (QED) is 0.887. The third-order valence-corrected chi connectivity index (χ3v) is 2.72. The minimum atomic E-state index is -0.423. The van der Waals surface area contributed by atoms with Gasteiger partial charge in [0.15, 0.2) is 0 Å². The van der Waals surface area contributed by atoms with Crippen LogP contribution in [0.3, 0.4) is 0 Å². The van der Waals surface area contributed by atoms with E-state index in [0.29, 0.717) is 11.5 Å². The van der Waals surface area contributed by atoms with Crippen LogP contribution in [0.25, 0.3) is 0 Å². The summed E-state index contributed by atoms with van der Waals surface area (Å²) < 4.78 is 13.3. The molecule has 6 heteroatoms. The van der Waals surface area contributed by atoms with Crippen LogP contribution in [0.5, 0.6) is 0 Å². The number of aromatic nitrogens is 2. The zero-order valence-electron chi connectivity index (χ0n) is 12.0. The summed E-state index contributed by atoms with van der Waals surface area (Å²) in [4.78, 5) is 20.2. The molecule has 0 aliphatic carbocycles. The Morgan fingerprint density at radius 2 is 2.10 bits per heavy atom. The van der Waals surface area contributed by atoms with Crippen molar-refractivity contribution < 1.29 is 9.18 Å². The first kappa shape index (κ1) is 14.9. The summed E-state index contributed by atoms with van der Waals surface area (Å²) in [6.45, 7) is 4.54. The molecule has 2 aromatic rings. The van der Waals surface area contributed by atoms with Crippen LogP contribution in [0.15, 0.2) is 30.6 Å². The van der Waals surface area contributed by atoms with Crippen molar-refractivity contribution in [3.63, 3.8) is 0 Å². The molecule has 1 heterocycles. The molecule has 2 rings (SSSR count). The zero-order valence-corrected chi connectivity index (χ0v) is 12.0. The number of benzene rings is 1. The third-order valence-electron chi connectivity index (χ3n) is 2.72. The molecule has 5 nitrogen and oxygen atoms in total. The van der Waals surface area contributed by atoms with Gasteiger partial charge in [0.05, 0.1) is 12.4 Å². The van der Waals surface area contributed by atoms with E-state index in [0.717, 1.165) is 18.5 Å². The number of amides is 1. The molecule has 1 aromatic carbocycles. The summed E-state index contributed by atoms with van der Waals surface area (Å²) in [7, 11) is 0. The van der Waals surface area contributed by atoms with E-state index >= 15 is 0 Å². The molecule has 0 atom stereocenters. The van der Waals surface area contributed by atoms with Gasteiger partial charge in [-0.25, -0.2) is 9.37 Å². The molecule has 0 spiro atoms. The number of hydrogen-bond acceptors (Lipinski definition) is 4. The highest BCUT2D eigenvalue weighted by atomic mass is 19.1. The van der Waals surface area contributed by atoms with Crippen LogP contribution in [0.4, 0.5) is 15.9 Å². The van der Waals surface area contributed by atoms with Crippen molar-refractivity contribution in [2.24, 2.45) is 0 Å². The van der Waals surface area contributed by atoms with Crippen LogP contribution < -0.4 is 10.6 Å². The number of nitrogens with zero attached hydrogens (tertiary/aromatic N) is 2. The van der Waals surface area contributed by atoms with Crippen molar-refractivity contribution in [3.05, 3.63) is 47.7 Å². The molecule has 0 unspecified atom stereocenters. The van der Waals surface area contributed by atoms with Gasteiger partial charge in [-0.2, -0.15) is 0 Å². The summed E-state index contributed by atoms with van der Waals surface area (Å²) in [6.07, 6.45) is 3.87. The molecule has 0 aliphatic heterocycles. The first-order chi connectivity index (χ1) is 10.1. The van der Waals surface area contributed by atoms with Crippen LogP contribution in [0, 0.1) is 12.7 Å². The molecule has 1 aromatic heterocycles. The fourth-order valence-corrected chi connectivity index (χ4v) is 1.82. The highest BCUT2D eigenvalue weighted by Crippen LogP contribution is 2.14. The summed E-state index contributed by atoms with van der Waals surface area (Å²) in [5.74, 6) is -0.276. The van der Waals surface area contributed by atoms with E-state index < -0.39 is 11.7 Å². The van der Waals surface area contributed by atoms with E-state index in [2.05, 4.69) is 20.6 Å². The maximum atomic E-state index is 13.3. The lowest BCUT2D eigenvalue weighted by molar-refractivity contribution is 0.102. The van der Waals surface area contributed by atoms with Crippen LogP contribution in [0.1, 0.15) is 29.4 Å². The highest BCUT2D eigenvalue weighted by molar-refractivity contribution is 6.02. The van der Waals surface area contributed by atoms with Gasteiger partial charge < -0.3 is 10.6 Å². The Bertz CT molecular complexity index is 625. The summed E-state index contributed by atoms with van der Waals surface area (Å²) >= 11 is 0. The maximum absolute atomic E-state index is 13.3. The third kappa shape index (κ3) is 4.24. The van der Waals surface area contributed by atoms with Crippen molar-refractivity contribution in [2.45, 2.75) is 20.3 Å². The molecule has 0 bridgehead atoms. The Labute approximate surface area is 122 Å². The first-order valence-electron chi connectivity index (χ1n) is 6.73. The largest absolute Gasteiger partial charge is 0.369 e. The van der Waals surface area contributed by atoms with Gasteiger partial charge in [-0.3, -0.25) is 9.78 Å². The monoisotopic (exact) mass is 288 g/mol. The van der Waals surface area contributed by atoms with E-state index in [-0.39, 0.29) is 5.69 Å². The lowest BCUT2D eigenvalue weighted by Gasteiger charge is -2.08. The van der Waals surface area contributed by atoms with E-state index in [9.17, 15) is 9.18 Å². The normalized spacial score (nSPS) is 10.2. The van der Waals surface area contributed by atoms with Crippen molar-refractivity contribution in [2.75, 3.05) is 17.2 Å². The molecule has 2 N–H and O–H groups in total. The van der Waals surface area contributed by atoms with Gasteiger partial charge >= 0.3 is 0 Å². The highest BCUT2D eigenvalue weighted by Gasteiger charge is 2.10. The van der Waals surface area contributed by atoms with Gasteiger partial charge in [0.2, 0.25) is 0 Å². The minimum absolute atomic E-state index is 0.179. The Kier molecular flexibility index (Phi) is 4.81. The van der Waals surface area contributed by atoms with E-state index in [4.69, 9.17) is 0 Å². The summed E-state index contributed by atoms with van der Waals surface area (Å²) in [5, 5.41) is 5.67. The van der Waals surface area contributed by atoms with Gasteiger partial charge in [-0.05, 0) is 37.1 Å². The van der Waals surface area contributed by atoms with Gasteiger partial charge in [-0.15, -0.1) is 0 Å². The van der Waals surface area contributed by atoms with Crippen molar-refractivity contribution in [1.29, 1.82) is 0 Å². The number of carbonyl (C=O) groups is 1. The Balaban J connectivity index is 2.12. The summed E-state index contributed by atoms with van der Waals surface area (Å²) in [5.41, 5.74) is 1.30. The average molecular weight is 288 g/mol. The van der Waals surface area contributed by atoms with Gasteiger partial charge in [0.1, 0.15) is 17.3 Å². The predicted octanol–water partition coefficient (Wildman–Crippen LogP) is 3.00. The maximum Gasteiger partial charge on any atom is 0.275 e. The lowest BCUT2D eigenvalue weighted by atomic mass is 10.2. The standard InChI is InChI=1S/C15H17FN4O/c1-3-4-18-14-9-17-8-13(20-14)15(21)19-12-6-10(2)5-11(16)7-12/h5-9H,3-4H2,1-2H3,(H,18,20)(H,19,21). The molecule has 110 valence electrons. The van der Waals surface area contributed by atoms with Crippen LogP contribution in [-0.4, -0.2) is 22.4 Å². The number of halogens is 1. The number of rotatable bonds is 5. The van der Waals surface area contributed by atoms with Crippen LogP contribution >= 0.6 is 0 Å². The Hall–Kier alpha value is -2.50. The second-order valence-corrected chi connectivity index (χ2v) is 4.69. The van der Waals surface area contributed by atoms with Crippen molar-refractivity contribution in [1.82, 2.24) is 9.97 Å². The molecule has 0 saturated heterocycles. The first-order valence-corrected chi connectivity index (χ1v) is 6.73. The SMILES string of the molecule is CCCNc1cncc(C(=O)Nc2cc(C)cc(F)c2)n1. The molecule has 21 heavy (non-hydrogen) atoms.